The lowest BCUT2D eigenvalue weighted by Gasteiger charge is -2.47. The summed E-state index contributed by atoms with van der Waals surface area (Å²) in [6.45, 7) is 3.52. The molecule has 6 nitrogen and oxygen atoms in total. The van der Waals surface area contributed by atoms with Crippen LogP contribution in [0.3, 0.4) is 0 Å². The highest BCUT2D eigenvalue weighted by atomic mass is 16.5. The fourth-order valence-corrected chi connectivity index (χ4v) is 2.54. The Morgan fingerprint density at radius 1 is 1.50 bits per heavy atom. The summed E-state index contributed by atoms with van der Waals surface area (Å²) in [5, 5.41) is 11.8. The molecule has 18 heavy (non-hydrogen) atoms. The molecular formula is C12H20N2O4. The second-order valence-corrected chi connectivity index (χ2v) is 5.38. The fourth-order valence-electron chi connectivity index (χ4n) is 2.54. The molecule has 1 unspecified atom stereocenters. The van der Waals surface area contributed by atoms with E-state index >= 15 is 0 Å². The molecule has 0 aliphatic carbocycles. The summed E-state index contributed by atoms with van der Waals surface area (Å²) in [5.74, 6) is -0.845. The van der Waals surface area contributed by atoms with Crippen molar-refractivity contribution < 1.29 is 19.4 Å². The molecule has 1 amide bonds. The minimum Gasteiger partial charge on any atom is -0.480 e. The molecule has 2 saturated heterocycles. The first-order chi connectivity index (χ1) is 8.48. The predicted octanol–water partition coefficient (Wildman–Crippen LogP) is -0.169. The number of hydrogen-bond acceptors (Lipinski definition) is 4. The maximum Gasteiger partial charge on any atom is 0.329 e. The molecule has 2 heterocycles. The van der Waals surface area contributed by atoms with Gasteiger partial charge in [-0.15, -0.1) is 0 Å². The maximum atomic E-state index is 11.9. The quantitative estimate of drug-likeness (QED) is 0.714. The molecule has 6 heteroatoms. The fraction of sp³-hybridized carbons (Fsp3) is 0.833. The van der Waals surface area contributed by atoms with Gasteiger partial charge in [0.05, 0.1) is 13.1 Å². The van der Waals surface area contributed by atoms with E-state index < -0.39 is 11.6 Å². The number of amides is 1. The van der Waals surface area contributed by atoms with Crippen molar-refractivity contribution in [3.05, 3.63) is 0 Å². The summed E-state index contributed by atoms with van der Waals surface area (Å²) in [4.78, 5) is 24.1. The summed E-state index contributed by atoms with van der Waals surface area (Å²) in [6.07, 6.45) is 2.73. The number of nitrogens with zero attached hydrogens (tertiary/aromatic N) is 1. The second-order valence-electron chi connectivity index (χ2n) is 5.38. The number of aliphatic carboxylic acids is 1. The molecular weight excluding hydrogens is 236 g/mol. The SMILES string of the molecule is CC1(OCC(=O)O)CN(C(=O)CC2CCCN2)C1. The Morgan fingerprint density at radius 2 is 2.22 bits per heavy atom. The Hall–Kier alpha value is -1.14. The van der Waals surface area contributed by atoms with Gasteiger partial charge in [0.25, 0.3) is 0 Å². The first kappa shape index (κ1) is 13.3. The minimum absolute atomic E-state index is 0.130. The second kappa shape index (κ2) is 5.24. The van der Waals surface area contributed by atoms with Crippen molar-refractivity contribution in [1.29, 1.82) is 0 Å². The highest BCUT2D eigenvalue weighted by molar-refractivity contribution is 5.78. The van der Waals surface area contributed by atoms with Crippen LogP contribution >= 0.6 is 0 Å². The van der Waals surface area contributed by atoms with Crippen molar-refractivity contribution in [3.63, 3.8) is 0 Å². The number of carbonyl (C=O) groups excluding carboxylic acids is 1. The highest BCUT2D eigenvalue weighted by Gasteiger charge is 2.42. The van der Waals surface area contributed by atoms with Crippen LogP contribution in [0.4, 0.5) is 0 Å². The number of nitrogens with one attached hydrogen (secondary N) is 1. The van der Waals surface area contributed by atoms with E-state index in [2.05, 4.69) is 5.32 Å². The summed E-state index contributed by atoms with van der Waals surface area (Å²) < 4.78 is 5.27. The van der Waals surface area contributed by atoms with Crippen molar-refractivity contribution in [1.82, 2.24) is 10.2 Å². The van der Waals surface area contributed by atoms with Gasteiger partial charge in [-0.05, 0) is 26.3 Å². The largest absolute Gasteiger partial charge is 0.480 e. The standard InChI is InChI=1S/C12H20N2O4/c1-12(18-6-11(16)17)7-14(8-12)10(15)5-9-3-2-4-13-9/h9,13H,2-8H2,1H3,(H,16,17). The smallest absolute Gasteiger partial charge is 0.329 e. The average molecular weight is 256 g/mol. The van der Waals surface area contributed by atoms with Gasteiger partial charge in [0.15, 0.2) is 0 Å². The van der Waals surface area contributed by atoms with Crippen LogP contribution in [0.5, 0.6) is 0 Å². The Bertz CT molecular complexity index is 333. The monoisotopic (exact) mass is 256 g/mol. The van der Waals surface area contributed by atoms with Crippen LogP contribution in [0, 0.1) is 0 Å². The first-order valence-electron chi connectivity index (χ1n) is 6.35. The van der Waals surface area contributed by atoms with Crippen molar-refractivity contribution in [2.45, 2.75) is 37.8 Å². The third-order valence-corrected chi connectivity index (χ3v) is 3.53. The summed E-state index contributed by atoms with van der Waals surface area (Å²) in [5.41, 5.74) is -0.489. The predicted molar refractivity (Wildman–Crippen MR) is 64.2 cm³/mol. The topological polar surface area (TPSA) is 78.9 Å². The molecule has 2 N–H and O–H groups in total. The van der Waals surface area contributed by atoms with E-state index in [1.807, 2.05) is 6.92 Å². The van der Waals surface area contributed by atoms with Crippen LogP contribution in [0.2, 0.25) is 0 Å². The zero-order valence-corrected chi connectivity index (χ0v) is 10.6. The van der Waals surface area contributed by atoms with Gasteiger partial charge in [0.1, 0.15) is 12.2 Å². The normalized spacial score (nSPS) is 25.8. The van der Waals surface area contributed by atoms with Gasteiger partial charge >= 0.3 is 5.97 Å². The molecule has 0 aromatic rings. The Balaban J connectivity index is 1.70. The van der Waals surface area contributed by atoms with E-state index in [4.69, 9.17) is 9.84 Å². The Kier molecular flexibility index (Phi) is 3.87. The van der Waals surface area contributed by atoms with E-state index in [1.165, 1.54) is 0 Å². The van der Waals surface area contributed by atoms with Crippen LogP contribution in [0.25, 0.3) is 0 Å². The third-order valence-electron chi connectivity index (χ3n) is 3.53. The molecule has 0 radical (unpaired) electrons. The summed E-state index contributed by atoms with van der Waals surface area (Å²) >= 11 is 0. The Labute approximate surface area is 106 Å². The molecule has 0 spiro atoms. The van der Waals surface area contributed by atoms with Crippen LogP contribution in [0.15, 0.2) is 0 Å². The third kappa shape index (κ3) is 3.20. The van der Waals surface area contributed by atoms with Crippen LogP contribution in [-0.2, 0) is 14.3 Å². The van der Waals surface area contributed by atoms with Crippen molar-refractivity contribution in [2.24, 2.45) is 0 Å². The van der Waals surface area contributed by atoms with Crippen LogP contribution in [-0.4, -0.2) is 59.8 Å². The van der Waals surface area contributed by atoms with Crippen molar-refractivity contribution >= 4 is 11.9 Å². The van der Waals surface area contributed by atoms with Gasteiger partial charge in [-0.3, -0.25) is 4.79 Å². The molecule has 0 bridgehead atoms. The number of ether oxygens (including phenoxy) is 1. The van der Waals surface area contributed by atoms with E-state index in [1.54, 1.807) is 4.90 Å². The molecule has 2 rings (SSSR count). The minimum atomic E-state index is -0.976. The molecule has 0 saturated carbocycles. The molecule has 1 atom stereocenters. The molecule has 2 aliphatic heterocycles. The molecule has 0 aromatic carbocycles. The summed E-state index contributed by atoms with van der Waals surface area (Å²) in [7, 11) is 0. The molecule has 102 valence electrons. The number of rotatable bonds is 5. The van der Waals surface area contributed by atoms with Gasteiger partial charge in [0, 0.05) is 12.5 Å². The van der Waals surface area contributed by atoms with Gasteiger partial charge in [-0.2, -0.15) is 0 Å². The van der Waals surface area contributed by atoms with Gasteiger partial charge in [-0.1, -0.05) is 0 Å². The average Bonchev–Trinajstić information content (AvgIpc) is 2.75. The molecule has 2 aliphatic rings. The van der Waals surface area contributed by atoms with Gasteiger partial charge in [0.2, 0.25) is 5.91 Å². The molecule has 0 aromatic heterocycles. The number of likely N-dealkylation sites (tertiary alicyclic amines) is 1. The van der Waals surface area contributed by atoms with Crippen molar-refractivity contribution in [3.8, 4) is 0 Å². The van der Waals surface area contributed by atoms with Crippen molar-refractivity contribution in [2.75, 3.05) is 26.2 Å². The number of carboxylic acids is 1. The Morgan fingerprint density at radius 3 is 2.78 bits per heavy atom. The van der Waals surface area contributed by atoms with Gasteiger partial charge in [-0.25, -0.2) is 4.79 Å². The lowest BCUT2D eigenvalue weighted by Crippen LogP contribution is -2.63. The van der Waals surface area contributed by atoms with E-state index in [0.717, 1.165) is 19.4 Å². The number of carboxylic acid groups (broad SMARTS) is 1. The van der Waals surface area contributed by atoms with Crippen LogP contribution < -0.4 is 5.32 Å². The van der Waals surface area contributed by atoms with Crippen LogP contribution in [0.1, 0.15) is 26.2 Å². The van der Waals surface area contributed by atoms with E-state index in [9.17, 15) is 9.59 Å². The number of hydrogen-bond donors (Lipinski definition) is 2. The lowest BCUT2D eigenvalue weighted by atomic mass is 9.95. The number of carbonyl (C=O) groups is 2. The summed E-state index contributed by atoms with van der Waals surface area (Å²) in [6, 6.07) is 0.310. The van der Waals surface area contributed by atoms with Gasteiger partial charge < -0.3 is 20.1 Å². The first-order valence-corrected chi connectivity index (χ1v) is 6.35. The zero-order chi connectivity index (χ0) is 13.2. The lowest BCUT2D eigenvalue weighted by molar-refractivity contribution is -0.173. The molecule has 2 fully saturated rings. The maximum absolute atomic E-state index is 11.9. The zero-order valence-electron chi connectivity index (χ0n) is 10.6. The highest BCUT2D eigenvalue weighted by Crippen LogP contribution is 2.26. The van der Waals surface area contributed by atoms with E-state index in [0.29, 0.717) is 25.6 Å². The van der Waals surface area contributed by atoms with E-state index in [-0.39, 0.29) is 12.5 Å².